The van der Waals surface area contributed by atoms with Gasteiger partial charge in [0.15, 0.2) is 0 Å². The summed E-state index contributed by atoms with van der Waals surface area (Å²) in [6.45, 7) is 2.88. The predicted molar refractivity (Wildman–Crippen MR) is 43.6 cm³/mol. The van der Waals surface area contributed by atoms with Gasteiger partial charge in [-0.05, 0) is 6.92 Å². The molecule has 0 radical (unpaired) electrons. The quantitative estimate of drug-likeness (QED) is 0.643. The van der Waals surface area contributed by atoms with E-state index in [-0.39, 0.29) is 23.6 Å². The Morgan fingerprint density at radius 1 is 1.45 bits per heavy atom. The fourth-order valence-corrected chi connectivity index (χ4v) is 0.965. The molecule has 1 atom stereocenters. The van der Waals surface area contributed by atoms with Gasteiger partial charge in [0.05, 0.1) is 0 Å². The first-order valence-corrected chi connectivity index (χ1v) is 3.92. The Bertz CT molecular complexity index is 143. The fraction of sp³-hybridized carbons (Fsp3) is 0.714. The first-order valence-electron chi connectivity index (χ1n) is 3.38. The van der Waals surface area contributed by atoms with E-state index in [0.717, 1.165) is 0 Å². The highest BCUT2D eigenvalue weighted by Gasteiger charge is 2.09. The summed E-state index contributed by atoms with van der Waals surface area (Å²) in [6.07, 6.45) is 0.309. The predicted octanol–water partition coefficient (Wildman–Crippen LogP) is 0.709. The monoisotopic (exact) mass is 177 g/mol. The number of alkyl halides is 1. The third-order valence-corrected chi connectivity index (χ3v) is 1.50. The van der Waals surface area contributed by atoms with Crippen molar-refractivity contribution >= 4 is 23.3 Å². The molecule has 4 heteroatoms. The number of rotatable bonds is 4. The molecule has 0 saturated carbocycles. The topological polar surface area (TPSA) is 46.2 Å². The molecule has 0 aromatic heterocycles. The van der Waals surface area contributed by atoms with Gasteiger partial charge < -0.3 is 5.32 Å². The van der Waals surface area contributed by atoms with Gasteiger partial charge in [-0.25, -0.2) is 0 Å². The molecular formula is C7H12ClNO2. The highest BCUT2D eigenvalue weighted by atomic mass is 35.5. The average Bonchev–Trinajstić information content (AvgIpc) is 1.84. The Labute approximate surface area is 71.1 Å². The molecule has 0 bridgehead atoms. The van der Waals surface area contributed by atoms with Crippen molar-refractivity contribution < 1.29 is 9.59 Å². The lowest BCUT2D eigenvalue weighted by Crippen LogP contribution is -2.35. The van der Waals surface area contributed by atoms with E-state index >= 15 is 0 Å². The van der Waals surface area contributed by atoms with Crippen LogP contribution in [0, 0.1) is 0 Å². The number of Topliss-reactive ketones (excluding diaryl/α,β-unsaturated/α-hetero) is 1. The van der Waals surface area contributed by atoms with Crippen LogP contribution in [0.25, 0.3) is 0 Å². The molecule has 0 rings (SSSR count). The SMILES string of the molecule is CC(=O)CC(CCl)NC(C)=O. The number of ketones is 1. The molecule has 3 nitrogen and oxygen atoms in total. The second-order valence-electron chi connectivity index (χ2n) is 2.46. The molecular weight excluding hydrogens is 166 g/mol. The van der Waals surface area contributed by atoms with Gasteiger partial charge in [0, 0.05) is 25.3 Å². The first kappa shape index (κ1) is 10.4. The van der Waals surface area contributed by atoms with Crippen LogP contribution in [0.4, 0.5) is 0 Å². The summed E-state index contributed by atoms with van der Waals surface area (Å²) in [5.41, 5.74) is 0. The van der Waals surface area contributed by atoms with Crippen molar-refractivity contribution in [2.24, 2.45) is 0 Å². The highest BCUT2D eigenvalue weighted by Crippen LogP contribution is 1.95. The summed E-state index contributed by atoms with van der Waals surface area (Å²) in [5, 5.41) is 2.57. The summed E-state index contributed by atoms with van der Waals surface area (Å²) >= 11 is 5.49. The number of halogens is 1. The minimum Gasteiger partial charge on any atom is -0.352 e. The Kier molecular flexibility index (Phi) is 4.86. The van der Waals surface area contributed by atoms with Gasteiger partial charge in [0.2, 0.25) is 5.91 Å². The normalized spacial score (nSPS) is 12.3. The minimum atomic E-state index is -0.216. The third-order valence-electron chi connectivity index (χ3n) is 1.13. The van der Waals surface area contributed by atoms with E-state index in [0.29, 0.717) is 6.42 Å². The number of carbonyl (C=O) groups excluding carboxylic acids is 2. The van der Waals surface area contributed by atoms with Gasteiger partial charge in [-0.2, -0.15) is 0 Å². The molecule has 0 aromatic carbocycles. The third kappa shape index (κ3) is 5.85. The second-order valence-corrected chi connectivity index (χ2v) is 2.77. The van der Waals surface area contributed by atoms with E-state index in [1.807, 2.05) is 0 Å². The number of hydrogen-bond donors (Lipinski definition) is 1. The van der Waals surface area contributed by atoms with Gasteiger partial charge in [0.1, 0.15) is 5.78 Å². The van der Waals surface area contributed by atoms with Gasteiger partial charge in [-0.15, -0.1) is 11.6 Å². The molecule has 0 fully saturated rings. The standard InChI is InChI=1S/C7H12ClNO2/c1-5(10)3-7(4-8)9-6(2)11/h7H,3-4H2,1-2H3,(H,9,11). The molecule has 64 valence electrons. The summed E-state index contributed by atoms with van der Waals surface area (Å²) < 4.78 is 0. The van der Waals surface area contributed by atoms with Gasteiger partial charge in [-0.3, -0.25) is 9.59 Å². The summed E-state index contributed by atoms with van der Waals surface area (Å²) in [5.74, 6) is 0.153. The molecule has 0 aliphatic carbocycles. The van der Waals surface area contributed by atoms with Gasteiger partial charge in [0.25, 0.3) is 0 Å². The lowest BCUT2D eigenvalue weighted by molar-refractivity contribution is -0.120. The maximum absolute atomic E-state index is 10.6. The lowest BCUT2D eigenvalue weighted by Gasteiger charge is -2.11. The minimum absolute atomic E-state index is 0.0319. The Balaban J connectivity index is 3.76. The largest absolute Gasteiger partial charge is 0.352 e. The molecule has 0 saturated heterocycles. The molecule has 1 unspecified atom stereocenters. The van der Waals surface area contributed by atoms with Crippen LogP contribution in [0.15, 0.2) is 0 Å². The van der Waals surface area contributed by atoms with Crippen LogP contribution in [0.3, 0.4) is 0 Å². The van der Waals surface area contributed by atoms with E-state index in [2.05, 4.69) is 5.32 Å². The number of nitrogens with one attached hydrogen (secondary N) is 1. The van der Waals surface area contributed by atoms with Crippen LogP contribution in [0.2, 0.25) is 0 Å². The molecule has 1 amide bonds. The van der Waals surface area contributed by atoms with Crippen LogP contribution >= 0.6 is 11.6 Å². The Morgan fingerprint density at radius 3 is 2.27 bits per heavy atom. The zero-order chi connectivity index (χ0) is 8.85. The molecule has 0 spiro atoms. The van der Waals surface area contributed by atoms with Crippen molar-refractivity contribution in [3.63, 3.8) is 0 Å². The summed E-state index contributed by atoms with van der Waals surface area (Å²) in [6, 6.07) is -0.216. The van der Waals surface area contributed by atoms with Crippen LogP contribution in [-0.2, 0) is 9.59 Å². The van der Waals surface area contributed by atoms with Crippen molar-refractivity contribution in [1.82, 2.24) is 5.32 Å². The summed E-state index contributed by atoms with van der Waals surface area (Å²) in [4.78, 5) is 21.1. The Hall–Kier alpha value is -0.570. The number of amides is 1. The summed E-state index contributed by atoms with van der Waals surface area (Å²) in [7, 11) is 0. The molecule has 1 N–H and O–H groups in total. The average molecular weight is 178 g/mol. The number of carbonyl (C=O) groups is 2. The molecule has 0 heterocycles. The maximum Gasteiger partial charge on any atom is 0.217 e. The zero-order valence-corrected chi connectivity index (χ0v) is 7.44. The van der Waals surface area contributed by atoms with Crippen molar-refractivity contribution in [2.45, 2.75) is 26.3 Å². The van der Waals surface area contributed by atoms with Crippen LogP contribution in [-0.4, -0.2) is 23.6 Å². The van der Waals surface area contributed by atoms with Crippen molar-refractivity contribution in [2.75, 3.05) is 5.88 Å². The van der Waals surface area contributed by atoms with E-state index < -0.39 is 0 Å². The van der Waals surface area contributed by atoms with Crippen molar-refractivity contribution in [1.29, 1.82) is 0 Å². The van der Waals surface area contributed by atoms with E-state index in [1.54, 1.807) is 0 Å². The van der Waals surface area contributed by atoms with E-state index in [9.17, 15) is 9.59 Å². The van der Waals surface area contributed by atoms with Crippen molar-refractivity contribution in [3.05, 3.63) is 0 Å². The molecule has 0 aliphatic rings. The van der Waals surface area contributed by atoms with Crippen LogP contribution in [0.1, 0.15) is 20.3 Å². The van der Waals surface area contributed by atoms with E-state index in [1.165, 1.54) is 13.8 Å². The lowest BCUT2D eigenvalue weighted by atomic mass is 10.2. The maximum atomic E-state index is 10.6. The van der Waals surface area contributed by atoms with Gasteiger partial charge in [-0.1, -0.05) is 0 Å². The van der Waals surface area contributed by atoms with Gasteiger partial charge >= 0.3 is 0 Å². The molecule has 11 heavy (non-hydrogen) atoms. The smallest absolute Gasteiger partial charge is 0.217 e. The number of hydrogen-bond acceptors (Lipinski definition) is 2. The molecule has 0 aliphatic heterocycles. The van der Waals surface area contributed by atoms with Crippen LogP contribution in [0.5, 0.6) is 0 Å². The second kappa shape index (κ2) is 5.13. The van der Waals surface area contributed by atoms with E-state index in [4.69, 9.17) is 11.6 Å². The zero-order valence-electron chi connectivity index (χ0n) is 6.69. The first-order chi connectivity index (χ1) is 5.06. The Morgan fingerprint density at radius 2 is 2.00 bits per heavy atom. The highest BCUT2D eigenvalue weighted by molar-refractivity contribution is 6.18. The molecule has 0 aromatic rings. The van der Waals surface area contributed by atoms with Crippen LogP contribution < -0.4 is 5.32 Å². The van der Waals surface area contributed by atoms with Crippen molar-refractivity contribution in [3.8, 4) is 0 Å². The fourth-order valence-electron chi connectivity index (χ4n) is 0.779.